The Bertz CT molecular complexity index is 1210. The van der Waals surface area contributed by atoms with Gasteiger partial charge in [0, 0.05) is 31.2 Å². The van der Waals surface area contributed by atoms with Crippen molar-refractivity contribution >= 4 is 33.0 Å². The number of carbonyl (C=O) groups excluding carboxylic acids is 1. The van der Waals surface area contributed by atoms with E-state index in [9.17, 15) is 26.4 Å². The minimum atomic E-state index is -4.53. The number of thiophene rings is 1. The first kappa shape index (κ1) is 24.9. The Morgan fingerprint density at radius 3 is 2.36 bits per heavy atom. The van der Waals surface area contributed by atoms with Crippen LogP contribution in [0.5, 0.6) is 0 Å². The van der Waals surface area contributed by atoms with Crippen LogP contribution in [-0.4, -0.2) is 32.7 Å². The van der Waals surface area contributed by atoms with E-state index >= 15 is 0 Å². The van der Waals surface area contributed by atoms with Gasteiger partial charge in [0.05, 0.1) is 5.56 Å². The summed E-state index contributed by atoms with van der Waals surface area (Å²) in [4.78, 5) is 13.7. The third kappa shape index (κ3) is 6.20. The topological polar surface area (TPSA) is 78.5 Å². The van der Waals surface area contributed by atoms with E-state index in [2.05, 4.69) is 10.6 Å². The summed E-state index contributed by atoms with van der Waals surface area (Å²) >= 11 is 1.08. The summed E-state index contributed by atoms with van der Waals surface area (Å²) in [5.41, 5.74) is -0.231. The van der Waals surface area contributed by atoms with Crippen LogP contribution in [0.25, 0.3) is 0 Å². The predicted molar refractivity (Wildman–Crippen MR) is 121 cm³/mol. The summed E-state index contributed by atoms with van der Waals surface area (Å²) in [5, 5.41) is 5.61. The molecule has 0 saturated carbocycles. The predicted octanol–water partition coefficient (Wildman–Crippen LogP) is 4.49. The molecule has 2 N–H and O–H groups in total. The monoisotopic (exact) mass is 497 g/mol. The van der Waals surface area contributed by atoms with Crippen LogP contribution in [0.15, 0.2) is 70.9 Å². The van der Waals surface area contributed by atoms with Gasteiger partial charge in [0.2, 0.25) is 5.91 Å². The Kier molecular flexibility index (Phi) is 7.58. The van der Waals surface area contributed by atoms with Gasteiger partial charge < -0.3 is 5.32 Å². The van der Waals surface area contributed by atoms with Crippen LogP contribution < -0.4 is 10.6 Å². The van der Waals surface area contributed by atoms with Crippen LogP contribution in [0.3, 0.4) is 0 Å². The highest BCUT2D eigenvalue weighted by Gasteiger charge is 2.31. The van der Waals surface area contributed by atoms with Crippen molar-refractivity contribution in [1.29, 1.82) is 0 Å². The number of rotatable bonds is 8. The van der Waals surface area contributed by atoms with Gasteiger partial charge in [0.25, 0.3) is 10.0 Å². The summed E-state index contributed by atoms with van der Waals surface area (Å²) in [6.07, 6.45) is -4.53. The molecular weight excluding hydrogens is 475 g/mol. The zero-order valence-corrected chi connectivity index (χ0v) is 19.4. The summed E-state index contributed by atoms with van der Waals surface area (Å²) in [5.74, 6) is -0.543. The molecule has 1 unspecified atom stereocenters. The standard InChI is InChI=1S/C22H22F3N3O3S2/c1-28(2)33(30,31)19-12-11-18(32-19)14-26-20(15-7-4-3-5-8-15)21(29)27-17-10-6-9-16(13-17)22(23,24)25/h3-13,20,26H,14H2,1-2H3,(H,27,29). The van der Waals surface area contributed by atoms with Crippen LogP contribution in [0.4, 0.5) is 18.9 Å². The average molecular weight is 498 g/mol. The molecule has 33 heavy (non-hydrogen) atoms. The zero-order chi connectivity index (χ0) is 24.2. The zero-order valence-electron chi connectivity index (χ0n) is 17.8. The maximum Gasteiger partial charge on any atom is 0.416 e. The molecule has 0 bridgehead atoms. The molecule has 1 amide bonds. The highest BCUT2D eigenvalue weighted by Crippen LogP contribution is 2.31. The third-order valence-corrected chi connectivity index (χ3v) is 8.07. The van der Waals surface area contributed by atoms with Gasteiger partial charge in [0.1, 0.15) is 10.3 Å². The van der Waals surface area contributed by atoms with Crippen molar-refractivity contribution in [2.24, 2.45) is 0 Å². The van der Waals surface area contributed by atoms with Crippen molar-refractivity contribution in [3.63, 3.8) is 0 Å². The van der Waals surface area contributed by atoms with Crippen LogP contribution in [0.1, 0.15) is 22.0 Å². The number of amides is 1. The molecule has 0 aliphatic heterocycles. The van der Waals surface area contributed by atoms with Crippen LogP contribution in [0, 0.1) is 0 Å². The lowest BCUT2D eigenvalue weighted by Crippen LogP contribution is -2.32. The van der Waals surface area contributed by atoms with Gasteiger partial charge in [-0.2, -0.15) is 13.2 Å². The third-order valence-electron chi connectivity index (χ3n) is 4.70. The van der Waals surface area contributed by atoms with Crippen molar-refractivity contribution in [2.45, 2.75) is 23.0 Å². The number of hydrogen-bond acceptors (Lipinski definition) is 5. The molecule has 3 rings (SSSR count). The number of anilines is 1. The molecule has 11 heteroatoms. The highest BCUT2D eigenvalue weighted by atomic mass is 32.2. The molecule has 2 aromatic carbocycles. The fourth-order valence-electron chi connectivity index (χ4n) is 2.97. The number of hydrogen-bond donors (Lipinski definition) is 2. The Labute approximate surface area is 194 Å². The molecule has 3 aromatic rings. The van der Waals surface area contributed by atoms with E-state index in [4.69, 9.17) is 0 Å². The van der Waals surface area contributed by atoms with Gasteiger partial charge >= 0.3 is 6.18 Å². The number of sulfonamides is 1. The lowest BCUT2D eigenvalue weighted by molar-refractivity contribution is -0.137. The molecular formula is C22H22F3N3O3S2. The number of carbonyl (C=O) groups is 1. The summed E-state index contributed by atoms with van der Waals surface area (Å²) in [6, 6.07) is 15.4. The average Bonchev–Trinajstić information content (AvgIpc) is 3.24. The van der Waals surface area contributed by atoms with Gasteiger partial charge in [-0.25, -0.2) is 12.7 Å². The minimum Gasteiger partial charge on any atom is -0.324 e. The van der Waals surface area contributed by atoms with Crippen molar-refractivity contribution in [2.75, 3.05) is 19.4 Å². The van der Waals surface area contributed by atoms with E-state index in [0.29, 0.717) is 10.4 Å². The Morgan fingerprint density at radius 1 is 1.03 bits per heavy atom. The van der Waals surface area contributed by atoms with Crippen LogP contribution in [-0.2, 0) is 27.5 Å². The number of benzene rings is 2. The number of halogens is 3. The molecule has 0 spiro atoms. The first-order valence-electron chi connectivity index (χ1n) is 9.76. The normalized spacial score (nSPS) is 13.2. The van der Waals surface area contributed by atoms with Crippen molar-refractivity contribution in [3.8, 4) is 0 Å². The van der Waals surface area contributed by atoms with Gasteiger partial charge in [-0.3, -0.25) is 10.1 Å². The molecule has 1 aromatic heterocycles. The lowest BCUT2D eigenvalue weighted by atomic mass is 10.1. The SMILES string of the molecule is CN(C)S(=O)(=O)c1ccc(CNC(C(=O)Nc2cccc(C(F)(F)F)c2)c2ccccc2)s1. The van der Waals surface area contributed by atoms with Gasteiger partial charge in [-0.1, -0.05) is 36.4 Å². The van der Waals surface area contributed by atoms with E-state index in [1.165, 1.54) is 32.3 Å². The molecule has 6 nitrogen and oxygen atoms in total. The quantitative estimate of drug-likeness (QED) is 0.481. The molecule has 0 aliphatic rings. The number of nitrogens with one attached hydrogen (secondary N) is 2. The fourth-order valence-corrected chi connectivity index (χ4v) is 5.45. The fraction of sp³-hybridized carbons (Fsp3) is 0.227. The number of alkyl halides is 3. The van der Waals surface area contributed by atoms with Crippen molar-refractivity contribution in [3.05, 3.63) is 82.7 Å². The second-order valence-corrected chi connectivity index (χ2v) is 10.8. The van der Waals surface area contributed by atoms with Gasteiger partial charge in [0.15, 0.2) is 0 Å². The summed E-state index contributed by atoms with van der Waals surface area (Å²) < 4.78 is 64.9. The molecule has 0 aliphatic carbocycles. The first-order valence-corrected chi connectivity index (χ1v) is 12.0. The second-order valence-electron chi connectivity index (χ2n) is 7.30. The molecule has 1 heterocycles. The summed E-state index contributed by atoms with van der Waals surface area (Å²) in [6.45, 7) is 0.184. The molecule has 0 saturated heterocycles. The highest BCUT2D eigenvalue weighted by molar-refractivity contribution is 7.91. The first-order chi connectivity index (χ1) is 15.5. The van der Waals surface area contributed by atoms with Gasteiger partial charge in [-0.15, -0.1) is 11.3 Å². The smallest absolute Gasteiger partial charge is 0.324 e. The largest absolute Gasteiger partial charge is 0.416 e. The van der Waals surface area contributed by atoms with E-state index in [1.54, 1.807) is 36.4 Å². The van der Waals surface area contributed by atoms with Gasteiger partial charge in [-0.05, 0) is 35.9 Å². The second kappa shape index (κ2) is 10.0. The Balaban J connectivity index is 1.79. The van der Waals surface area contributed by atoms with E-state index in [-0.39, 0.29) is 16.4 Å². The van der Waals surface area contributed by atoms with E-state index < -0.39 is 33.7 Å². The van der Waals surface area contributed by atoms with E-state index in [0.717, 1.165) is 27.8 Å². The van der Waals surface area contributed by atoms with Crippen LogP contribution >= 0.6 is 11.3 Å². The Morgan fingerprint density at radius 2 is 1.73 bits per heavy atom. The Hall–Kier alpha value is -2.73. The molecule has 1 atom stereocenters. The lowest BCUT2D eigenvalue weighted by Gasteiger charge is -2.19. The number of nitrogens with zero attached hydrogens (tertiary/aromatic N) is 1. The van der Waals surface area contributed by atoms with Crippen LogP contribution in [0.2, 0.25) is 0 Å². The van der Waals surface area contributed by atoms with E-state index in [1.807, 2.05) is 0 Å². The molecule has 176 valence electrons. The molecule has 0 radical (unpaired) electrons. The maximum atomic E-state index is 13.0. The van der Waals surface area contributed by atoms with Crippen molar-refractivity contribution < 1.29 is 26.4 Å². The summed E-state index contributed by atoms with van der Waals surface area (Å²) in [7, 11) is -0.685. The molecule has 0 fully saturated rings. The van der Waals surface area contributed by atoms with Crippen molar-refractivity contribution in [1.82, 2.24) is 9.62 Å². The maximum absolute atomic E-state index is 13.0. The minimum absolute atomic E-state index is 0.0213.